The van der Waals surface area contributed by atoms with Gasteiger partial charge in [-0.25, -0.2) is 14.4 Å². The topological polar surface area (TPSA) is 213 Å². The third-order valence-electron chi connectivity index (χ3n) is 13.5. The summed E-state index contributed by atoms with van der Waals surface area (Å²) >= 11 is 1.42. The van der Waals surface area contributed by atoms with Crippen LogP contribution in [0, 0.1) is 13.8 Å². The van der Waals surface area contributed by atoms with E-state index in [4.69, 9.17) is 37.9 Å². The summed E-state index contributed by atoms with van der Waals surface area (Å²) < 4.78 is 47.6. The molecule has 4 bridgehead atoms. The summed E-state index contributed by atoms with van der Waals surface area (Å²) in [6.45, 7) is 11.6. The zero-order valence-electron chi connectivity index (χ0n) is 38.6. The number of methoxy groups -OCH3 is 2. The number of alkyl carbamates (subject to hydrolysis) is 1. The molecule has 7 aliphatic rings. The third-order valence-corrected chi connectivity index (χ3v) is 15.0. The van der Waals surface area contributed by atoms with Crippen molar-refractivity contribution >= 4 is 35.8 Å². The molecule has 7 aliphatic heterocycles. The van der Waals surface area contributed by atoms with Crippen molar-refractivity contribution in [2.45, 2.75) is 114 Å². The van der Waals surface area contributed by atoms with Crippen LogP contribution in [0.25, 0.3) is 0 Å². The second-order valence-electron chi connectivity index (χ2n) is 18.7. The number of nitrogens with zero attached hydrogens (tertiary/aromatic N) is 2. The lowest BCUT2D eigenvalue weighted by Crippen LogP contribution is -2.70. The number of piperazine rings is 1. The van der Waals surface area contributed by atoms with Crippen LogP contribution >= 0.6 is 11.8 Å². The Morgan fingerprint density at radius 2 is 1.73 bits per heavy atom. The minimum absolute atomic E-state index is 0.00351. The van der Waals surface area contributed by atoms with E-state index in [1.807, 2.05) is 24.9 Å². The number of hydrogen-bond donors (Lipinski definition) is 4. The first-order valence-electron chi connectivity index (χ1n) is 22.0. The molecule has 2 saturated heterocycles. The van der Waals surface area contributed by atoms with Crippen LogP contribution in [0.1, 0.15) is 96.5 Å². The fourth-order valence-electron chi connectivity index (χ4n) is 10.8. The number of benzene rings is 3. The van der Waals surface area contributed by atoms with Gasteiger partial charge in [0.15, 0.2) is 40.0 Å². The number of amides is 1. The Kier molecular flexibility index (Phi) is 11.6. The number of fused-ring (bicyclic) bond motifs is 9. The number of ether oxygens (including phenoxy) is 8. The molecule has 1 amide bonds. The van der Waals surface area contributed by atoms with Gasteiger partial charge in [-0.15, -0.1) is 11.8 Å². The minimum atomic E-state index is -1.50. The van der Waals surface area contributed by atoms with Crippen molar-refractivity contribution in [2.24, 2.45) is 0 Å². The molecule has 4 N–H and O–H groups in total. The van der Waals surface area contributed by atoms with Crippen LogP contribution in [-0.4, -0.2) is 121 Å². The molecule has 354 valence electrons. The monoisotopic (exact) mass is 932 g/mol. The molecule has 3 aromatic rings. The number of thioether (sulfide) groups is 1. The molecule has 18 nitrogen and oxygen atoms in total. The lowest BCUT2D eigenvalue weighted by molar-refractivity contribution is -0.186. The van der Waals surface area contributed by atoms with Crippen LogP contribution in [0.4, 0.5) is 4.79 Å². The summed E-state index contributed by atoms with van der Waals surface area (Å²) in [6, 6.07) is 1.78. The summed E-state index contributed by atoms with van der Waals surface area (Å²) in [6.07, 6.45) is -1.02. The molecule has 7 heterocycles. The number of nitrogens with one attached hydrogen (secondary N) is 2. The lowest BCUT2D eigenvalue weighted by atomic mass is 9.73. The third kappa shape index (κ3) is 7.24. The van der Waals surface area contributed by atoms with Gasteiger partial charge in [-0.2, -0.15) is 0 Å². The highest BCUT2D eigenvalue weighted by atomic mass is 32.2. The lowest BCUT2D eigenvalue weighted by Gasteiger charge is -2.62. The molecule has 1 unspecified atom stereocenters. The van der Waals surface area contributed by atoms with Crippen LogP contribution in [0.3, 0.4) is 0 Å². The number of carbonyl (C=O) groups excluding carboxylic acids is 4. The minimum Gasteiger partial charge on any atom is -0.504 e. The quantitative estimate of drug-likeness (QED) is 0.198. The van der Waals surface area contributed by atoms with E-state index in [9.17, 15) is 24.6 Å². The van der Waals surface area contributed by atoms with E-state index in [1.165, 1.54) is 39.8 Å². The maximum absolute atomic E-state index is 15.1. The van der Waals surface area contributed by atoms with Crippen molar-refractivity contribution in [1.29, 1.82) is 0 Å². The number of rotatable bonds is 6. The summed E-state index contributed by atoms with van der Waals surface area (Å²) in [5, 5.41) is 30.2. The number of aliphatic hydroxyl groups excluding tert-OH is 1. The van der Waals surface area contributed by atoms with E-state index in [-0.39, 0.29) is 42.2 Å². The Morgan fingerprint density at radius 3 is 2.42 bits per heavy atom. The standard InChI is InChI=1S/C47H56N4O14S/c1-20-13-25-14-27-42(54)51-28-17-60-44(56)47(26-16-29(58-9)30(15-24(26)11-12-48-47)64-43(55)22(3)49-45(57)65-46(5,6)7)18-66-41(35(51)34(50(27)8)31(25)36(53)37(20)59-10)33-32(28)40-39(61-19-62-40)21(2)38(33)63-23(4)52/h13,15-16,22,27-28,34-35,41-42,48,53-54H,11-12,14,17-19H2,1-10H3,(H,49,57)/t22-,27-,28-,34-,35?,41+,42-,47+/m0/s1. The Morgan fingerprint density at radius 1 is 0.985 bits per heavy atom. The molecule has 0 aromatic heterocycles. The molecule has 66 heavy (non-hydrogen) atoms. The Labute approximate surface area is 386 Å². The number of phenols is 1. The fourth-order valence-corrected chi connectivity index (χ4v) is 12.5. The number of aliphatic hydroxyl groups is 1. The van der Waals surface area contributed by atoms with Gasteiger partial charge in [-0.05, 0) is 95.8 Å². The highest BCUT2D eigenvalue weighted by molar-refractivity contribution is 7.99. The summed E-state index contributed by atoms with van der Waals surface area (Å²) in [5.41, 5.74) is 3.01. The average molecular weight is 933 g/mol. The molecule has 0 radical (unpaired) electrons. The molecule has 1 spiro atoms. The molecule has 0 aliphatic carbocycles. The van der Waals surface area contributed by atoms with Crippen LogP contribution in [0.5, 0.6) is 40.2 Å². The van der Waals surface area contributed by atoms with Crippen molar-refractivity contribution in [1.82, 2.24) is 20.4 Å². The zero-order valence-corrected chi connectivity index (χ0v) is 39.4. The van der Waals surface area contributed by atoms with Gasteiger partial charge in [0.1, 0.15) is 30.2 Å². The number of aryl methyl sites for hydroxylation is 1. The predicted molar refractivity (Wildman–Crippen MR) is 237 cm³/mol. The largest absolute Gasteiger partial charge is 0.504 e. The van der Waals surface area contributed by atoms with Gasteiger partial charge in [-0.3, -0.25) is 19.9 Å². The van der Waals surface area contributed by atoms with Crippen molar-refractivity contribution in [3.05, 3.63) is 62.7 Å². The van der Waals surface area contributed by atoms with Crippen LogP contribution in [0.2, 0.25) is 0 Å². The molecule has 2 fully saturated rings. The van der Waals surface area contributed by atoms with Crippen molar-refractivity contribution in [3.8, 4) is 40.2 Å². The second-order valence-corrected chi connectivity index (χ2v) is 19.8. The summed E-state index contributed by atoms with van der Waals surface area (Å²) in [7, 11) is 4.88. The first-order valence-corrected chi connectivity index (χ1v) is 23.0. The molecule has 0 saturated carbocycles. The van der Waals surface area contributed by atoms with E-state index < -0.39 is 76.8 Å². The van der Waals surface area contributed by atoms with Gasteiger partial charge in [0, 0.05) is 47.5 Å². The Bertz CT molecular complexity index is 2550. The maximum atomic E-state index is 15.1. The van der Waals surface area contributed by atoms with Crippen molar-refractivity contribution in [3.63, 3.8) is 0 Å². The van der Waals surface area contributed by atoms with Gasteiger partial charge >= 0.3 is 24.0 Å². The van der Waals surface area contributed by atoms with Crippen LogP contribution < -0.4 is 39.1 Å². The van der Waals surface area contributed by atoms with Gasteiger partial charge in [0.2, 0.25) is 6.79 Å². The molecule has 3 aromatic carbocycles. The first kappa shape index (κ1) is 45.7. The van der Waals surface area contributed by atoms with Gasteiger partial charge in [0.25, 0.3) is 0 Å². The highest BCUT2D eigenvalue weighted by Crippen LogP contribution is 2.64. The van der Waals surface area contributed by atoms with Gasteiger partial charge < -0.3 is 53.4 Å². The maximum Gasteiger partial charge on any atom is 0.408 e. The smallest absolute Gasteiger partial charge is 0.408 e. The molecule has 19 heteroatoms. The summed E-state index contributed by atoms with van der Waals surface area (Å²) in [5.74, 6) is -0.161. The van der Waals surface area contributed by atoms with Gasteiger partial charge in [-0.1, -0.05) is 6.07 Å². The summed E-state index contributed by atoms with van der Waals surface area (Å²) in [4.78, 5) is 58.1. The SMILES string of the molecule is COc1cc2c(cc1OC(=O)[C@H](C)NC(=O)OC(C)(C)C)CCN[C@]21CS[C@@H]2c3c(OC(C)=O)c(C)c4c(c3[C@H](COC1=O)N1C2[C@@H]2c3c(cc(C)c(OC)c3O)C[C@@H]([C@@H]1O)N2C)OCO4. The molecule has 10 rings (SSSR count). The Hall–Kier alpha value is -5.47. The average Bonchev–Trinajstić information content (AvgIpc) is 3.74. The normalized spacial score (nSPS) is 26.7. The molecule has 8 atom stereocenters. The zero-order chi connectivity index (χ0) is 47.3. The van der Waals surface area contributed by atoms with E-state index in [2.05, 4.69) is 15.5 Å². The van der Waals surface area contributed by atoms with E-state index in [1.54, 1.807) is 39.8 Å². The van der Waals surface area contributed by atoms with Crippen molar-refractivity contribution < 1.29 is 67.3 Å². The fraction of sp³-hybridized carbons (Fsp3) is 0.532. The van der Waals surface area contributed by atoms with Crippen molar-refractivity contribution in [2.75, 3.05) is 47.0 Å². The van der Waals surface area contributed by atoms with E-state index >= 15 is 4.79 Å². The number of carbonyl (C=O) groups is 4. The molecular weight excluding hydrogens is 877 g/mol. The van der Waals surface area contributed by atoms with E-state index in [0.29, 0.717) is 70.0 Å². The number of aromatic hydroxyl groups is 1. The number of hydrogen-bond acceptors (Lipinski definition) is 18. The second kappa shape index (κ2) is 16.7. The number of esters is 3. The number of phenolic OH excluding ortho intramolecular Hbond substituents is 1. The first-order chi connectivity index (χ1) is 31.3. The Balaban J connectivity index is 1.19. The number of likely N-dealkylation sites (N-methyl/N-ethyl adjacent to an activating group) is 1. The van der Waals surface area contributed by atoms with Gasteiger partial charge in [0.05, 0.1) is 37.6 Å². The highest BCUT2D eigenvalue weighted by Gasteiger charge is 2.61. The molecular formula is C47H56N4O14S. The van der Waals surface area contributed by atoms with Crippen LogP contribution in [-0.2, 0) is 42.2 Å². The van der Waals surface area contributed by atoms with E-state index in [0.717, 1.165) is 11.1 Å². The predicted octanol–water partition coefficient (Wildman–Crippen LogP) is 4.53. The van der Waals surface area contributed by atoms with Crippen LogP contribution in [0.15, 0.2) is 18.2 Å².